The summed E-state index contributed by atoms with van der Waals surface area (Å²) in [6, 6.07) is 4.35. The normalized spacial score (nSPS) is 21.2. The van der Waals surface area contributed by atoms with E-state index in [4.69, 9.17) is 11.6 Å². The van der Waals surface area contributed by atoms with Crippen molar-refractivity contribution in [2.45, 2.75) is 37.5 Å². The minimum absolute atomic E-state index is 0.0930. The number of hydrogen-bond acceptors (Lipinski definition) is 2. The van der Waals surface area contributed by atoms with Crippen LogP contribution in [0.4, 0.5) is 10.2 Å². The molecule has 1 amide bonds. The molecule has 1 saturated carbocycles. The van der Waals surface area contributed by atoms with Crippen molar-refractivity contribution in [1.29, 1.82) is 0 Å². The number of H-pyrrole nitrogens is 1. The van der Waals surface area contributed by atoms with Gasteiger partial charge in [0.05, 0.1) is 0 Å². The standard InChI is InChI=1S/C16H15ClFN3O/c17-12-6-9(18)4-5-10(12)11-7-13(22)19-16-14(11)15(20-21-16)8-2-1-3-8/h4-6,8,11H,1-3,7H2,(H2,19,20,21,22). The van der Waals surface area contributed by atoms with Crippen molar-refractivity contribution in [3.63, 3.8) is 0 Å². The van der Waals surface area contributed by atoms with E-state index < -0.39 is 0 Å². The first kappa shape index (κ1) is 13.8. The first-order valence-corrected chi connectivity index (χ1v) is 7.84. The molecule has 1 atom stereocenters. The van der Waals surface area contributed by atoms with Crippen LogP contribution in [0.5, 0.6) is 0 Å². The number of rotatable bonds is 2. The molecule has 2 aromatic rings. The number of amides is 1. The van der Waals surface area contributed by atoms with E-state index in [1.807, 2.05) is 0 Å². The Labute approximate surface area is 132 Å². The van der Waals surface area contributed by atoms with Gasteiger partial charge in [-0.05, 0) is 30.5 Å². The third-order valence-electron chi connectivity index (χ3n) is 4.68. The maximum Gasteiger partial charge on any atom is 0.226 e. The van der Waals surface area contributed by atoms with Crippen molar-refractivity contribution < 1.29 is 9.18 Å². The quantitative estimate of drug-likeness (QED) is 0.880. The van der Waals surface area contributed by atoms with Crippen molar-refractivity contribution in [3.05, 3.63) is 45.9 Å². The van der Waals surface area contributed by atoms with Gasteiger partial charge in [-0.25, -0.2) is 4.39 Å². The predicted octanol–water partition coefficient (Wildman–Crippen LogP) is 3.94. The number of carbonyl (C=O) groups excluding carboxylic acids is 1. The van der Waals surface area contributed by atoms with Crippen LogP contribution in [0, 0.1) is 5.82 Å². The van der Waals surface area contributed by atoms with Crippen molar-refractivity contribution in [2.75, 3.05) is 5.32 Å². The van der Waals surface area contributed by atoms with Crippen LogP contribution in [0.25, 0.3) is 0 Å². The molecule has 0 spiro atoms. The van der Waals surface area contributed by atoms with Crippen molar-refractivity contribution in [1.82, 2.24) is 10.2 Å². The van der Waals surface area contributed by atoms with Gasteiger partial charge in [0.25, 0.3) is 0 Å². The topological polar surface area (TPSA) is 57.8 Å². The fraction of sp³-hybridized carbons (Fsp3) is 0.375. The van der Waals surface area contributed by atoms with E-state index >= 15 is 0 Å². The minimum atomic E-state index is -0.374. The van der Waals surface area contributed by atoms with Gasteiger partial charge in [0.1, 0.15) is 5.82 Å². The average molecular weight is 320 g/mol. The molecule has 0 bridgehead atoms. The molecule has 1 fully saturated rings. The van der Waals surface area contributed by atoms with Gasteiger partial charge in [0.2, 0.25) is 5.91 Å². The molecule has 22 heavy (non-hydrogen) atoms. The zero-order valence-corrected chi connectivity index (χ0v) is 12.6. The third-order valence-corrected chi connectivity index (χ3v) is 5.01. The zero-order chi connectivity index (χ0) is 15.3. The van der Waals surface area contributed by atoms with Gasteiger partial charge in [-0.1, -0.05) is 24.1 Å². The lowest BCUT2D eigenvalue weighted by Crippen LogP contribution is -2.25. The number of fused-ring (bicyclic) bond motifs is 1. The molecular weight excluding hydrogens is 305 g/mol. The summed E-state index contributed by atoms with van der Waals surface area (Å²) in [7, 11) is 0. The summed E-state index contributed by atoms with van der Waals surface area (Å²) in [4.78, 5) is 12.0. The number of benzene rings is 1. The van der Waals surface area contributed by atoms with Crippen LogP contribution in [-0.4, -0.2) is 16.1 Å². The van der Waals surface area contributed by atoms with Gasteiger partial charge in [0, 0.05) is 34.5 Å². The lowest BCUT2D eigenvalue weighted by atomic mass is 9.77. The number of aromatic nitrogens is 2. The van der Waals surface area contributed by atoms with Gasteiger partial charge in [-0.3, -0.25) is 9.89 Å². The number of nitrogens with zero attached hydrogens (tertiary/aromatic N) is 1. The molecule has 1 unspecified atom stereocenters. The summed E-state index contributed by atoms with van der Waals surface area (Å²) in [5, 5.41) is 10.5. The molecular formula is C16H15ClFN3O. The number of halogens is 2. The largest absolute Gasteiger partial charge is 0.309 e. The van der Waals surface area contributed by atoms with Crippen LogP contribution < -0.4 is 5.32 Å². The maximum absolute atomic E-state index is 13.3. The van der Waals surface area contributed by atoms with E-state index in [0.717, 1.165) is 29.7 Å². The summed E-state index contributed by atoms with van der Waals surface area (Å²) in [6.45, 7) is 0. The van der Waals surface area contributed by atoms with Crippen LogP contribution in [-0.2, 0) is 4.79 Å². The molecule has 0 saturated heterocycles. The molecule has 2 aliphatic rings. The van der Waals surface area contributed by atoms with Crippen LogP contribution in [0.15, 0.2) is 18.2 Å². The van der Waals surface area contributed by atoms with E-state index in [0.29, 0.717) is 23.2 Å². The Morgan fingerprint density at radius 3 is 2.82 bits per heavy atom. The molecule has 1 aliphatic heterocycles. The van der Waals surface area contributed by atoms with E-state index in [2.05, 4.69) is 15.5 Å². The van der Waals surface area contributed by atoms with Crippen molar-refractivity contribution >= 4 is 23.3 Å². The SMILES string of the molecule is O=C1CC(c2ccc(F)cc2Cl)c2c(n[nH]c2C2CCC2)N1. The molecule has 2 N–H and O–H groups in total. The van der Waals surface area contributed by atoms with Gasteiger partial charge in [-0.2, -0.15) is 5.10 Å². The summed E-state index contributed by atoms with van der Waals surface area (Å²) in [5.41, 5.74) is 2.88. The monoisotopic (exact) mass is 319 g/mol. The molecule has 0 radical (unpaired) electrons. The molecule has 2 heterocycles. The van der Waals surface area contributed by atoms with E-state index in [1.165, 1.54) is 18.6 Å². The molecule has 1 aromatic carbocycles. The number of aromatic amines is 1. The van der Waals surface area contributed by atoms with Crippen LogP contribution in [0.1, 0.15) is 54.3 Å². The number of anilines is 1. The smallest absolute Gasteiger partial charge is 0.226 e. The maximum atomic E-state index is 13.3. The van der Waals surface area contributed by atoms with Crippen LogP contribution >= 0.6 is 11.6 Å². The van der Waals surface area contributed by atoms with Gasteiger partial charge in [-0.15, -0.1) is 0 Å². The second kappa shape index (κ2) is 5.09. The molecule has 4 nitrogen and oxygen atoms in total. The Morgan fingerprint density at radius 2 is 2.14 bits per heavy atom. The van der Waals surface area contributed by atoms with Gasteiger partial charge < -0.3 is 5.32 Å². The average Bonchev–Trinajstić information content (AvgIpc) is 2.79. The first-order valence-electron chi connectivity index (χ1n) is 7.46. The number of nitrogens with one attached hydrogen (secondary N) is 2. The highest BCUT2D eigenvalue weighted by molar-refractivity contribution is 6.31. The Balaban J connectivity index is 1.83. The Hall–Kier alpha value is -1.88. The molecule has 1 aliphatic carbocycles. The second-order valence-electron chi connectivity index (χ2n) is 6.00. The number of carbonyl (C=O) groups is 1. The lowest BCUT2D eigenvalue weighted by molar-refractivity contribution is -0.116. The zero-order valence-electron chi connectivity index (χ0n) is 11.8. The van der Waals surface area contributed by atoms with Crippen LogP contribution in [0.2, 0.25) is 5.02 Å². The lowest BCUT2D eigenvalue weighted by Gasteiger charge is -2.29. The molecule has 114 valence electrons. The Bertz CT molecular complexity index is 754. The van der Waals surface area contributed by atoms with Crippen molar-refractivity contribution in [2.24, 2.45) is 0 Å². The second-order valence-corrected chi connectivity index (χ2v) is 6.41. The molecule has 1 aromatic heterocycles. The Morgan fingerprint density at radius 1 is 1.32 bits per heavy atom. The third kappa shape index (κ3) is 2.11. The highest BCUT2D eigenvalue weighted by Gasteiger charge is 2.36. The van der Waals surface area contributed by atoms with Gasteiger partial charge in [0.15, 0.2) is 5.82 Å². The van der Waals surface area contributed by atoms with E-state index in [1.54, 1.807) is 6.07 Å². The Kier molecular flexibility index (Phi) is 3.18. The molecule has 6 heteroatoms. The summed E-state index contributed by atoms with van der Waals surface area (Å²) in [6.07, 6.45) is 3.78. The van der Waals surface area contributed by atoms with Crippen LogP contribution in [0.3, 0.4) is 0 Å². The summed E-state index contributed by atoms with van der Waals surface area (Å²) >= 11 is 6.22. The number of hydrogen-bond donors (Lipinski definition) is 2. The van der Waals surface area contributed by atoms with Crippen molar-refractivity contribution in [3.8, 4) is 0 Å². The first-order chi connectivity index (χ1) is 10.6. The predicted molar refractivity (Wildman–Crippen MR) is 81.7 cm³/mol. The fourth-order valence-electron chi connectivity index (χ4n) is 3.34. The highest BCUT2D eigenvalue weighted by atomic mass is 35.5. The highest BCUT2D eigenvalue weighted by Crippen LogP contribution is 2.46. The van der Waals surface area contributed by atoms with Gasteiger partial charge >= 0.3 is 0 Å². The minimum Gasteiger partial charge on any atom is -0.309 e. The van der Waals surface area contributed by atoms with E-state index in [9.17, 15) is 9.18 Å². The van der Waals surface area contributed by atoms with E-state index in [-0.39, 0.29) is 17.6 Å². The fourth-order valence-corrected chi connectivity index (χ4v) is 3.64. The summed E-state index contributed by atoms with van der Waals surface area (Å²) < 4.78 is 13.3. The molecule has 4 rings (SSSR count). The summed E-state index contributed by atoms with van der Waals surface area (Å²) in [5.74, 6) is 0.410.